The van der Waals surface area contributed by atoms with Crippen LogP contribution < -0.4 is 25.0 Å². The molecule has 2 aliphatic heterocycles. The molecule has 9 nitrogen and oxygen atoms in total. The van der Waals surface area contributed by atoms with E-state index in [1.165, 1.54) is 23.1 Å². The Morgan fingerprint density at radius 2 is 1.66 bits per heavy atom. The van der Waals surface area contributed by atoms with Crippen LogP contribution in [0.2, 0.25) is 0 Å². The van der Waals surface area contributed by atoms with Crippen LogP contribution in [-0.4, -0.2) is 49.2 Å². The monoisotopic (exact) mass is 528 g/mol. The molecule has 0 aromatic heterocycles. The minimum Gasteiger partial charge on any atom is -0.545 e. The first-order chi connectivity index (χ1) is 18.4. The smallest absolute Gasteiger partial charge is 0.270 e. The number of anilines is 2. The van der Waals surface area contributed by atoms with Crippen LogP contribution in [0.1, 0.15) is 15.9 Å². The van der Waals surface area contributed by atoms with Gasteiger partial charge in [-0.15, -0.1) is 0 Å². The maximum Gasteiger partial charge on any atom is 0.270 e. The van der Waals surface area contributed by atoms with Crippen LogP contribution in [0.3, 0.4) is 0 Å². The number of rotatable bonds is 6. The Morgan fingerprint density at radius 3 is 2.34 bits per heavy atom. The third-order valence-corrected chi connectivity index (χ3v) is 6.37. The highest BCUT2D eigenvalue weighted by molar-refractivity contribution is 7.80. The van der Waals surface area contributed by atoms with E-state index in [-0.39, 0.29) is 16.2 Å². The number of benzene rings is 3. The lowest BCUT2D eigenvalue weighted by atomic mass is 10.0. The molecule has 38 heavy (non-hydrogen) atoms. The van der Waals surface area contributed by atoms with Crippen LogP contribution >= 0.6 is 12.2 Å². The van der Waals surface area contributed by atoms with Crippen molar-refractivity contribution >= 4 is 52.6 Å². The molecule has 3 aromatic carbocycles. The van der Waals surface area contributed by atoms with Crippen LogP contribution in [-0.2, 0) is 14.3 Å². The van der Waals surface area contributed by atoms with E-state index < -0.39 is 17.8 Å². The zero-order valence-electron chi connectivity index (χ0n) is 20.1. The van der Waals surface area contributed by atoms with Crippen molar-refractivity contribution in [2.75, 3.05) is 36.1 Å². The number of hydrogen-bond acceptors (Lipinski definition) is 8. The van der Waals surface area contributed by atoms with Crippen molar-refractivity contribution in [2.45, 2.75) is 0 Å². The van der Waals surface area contributed by atoms with Crippen molar-refractivity contribution in [2.24, 2.45) is 0 Å². The van der Waals surface area contributed by atoms with Gasteiger partial charge in [0.05, 0.1) is 24.9 Å². The minimum absolute atomic E-state index is 0.0641. The number of aromatic carboxylic acids is 1. The number of thiocarbonyl (C=S) groups is 1. The molecule has 2 aliphatic rings. The topological polar surface area (TPSA) is 111 Å². The van der Waals surface area contributed by atoms with Gasteiger partial charge in [-0.1, -0.05) is 24.3 Å². The molecule has 2 amide bonds. The summed E-state index contributed by atoms with van der Waals surface area (Å²) in [5, 5.41) is 14.0. The highest BCUT2D eigenvalue weighted by Crippen LogP contribution is 2.29. The van der Waals surface area contributed by atoms with Crippen LogP contribution in [0.4, 0.5) is 11.4 Å². The van der Waals surface area contributed by atoms with E-state index in [9.17, 15) is 19.5 Å². The number of hydrogen-bond donors (Lipinski definition) is 1. The minimum atomic E-state index is -1.36. The third-order valence-electron chi connectivity index (χ3n) is 6.09. The molecular weight excluding hydrogens is 506 g/mol. The second kappa shape index (κ2) is 10.8. The van der Waals surface area contributed by atoms with Gasteiger partial charge in [-0.3, -0.25) is 19.8 Å². The van der Waals surface area contributed by atoms with Crippen molar-refractivity contribution in [1.82, 2.24) is 5.32 Å². The molecule has 0 aliphatic carbocycles. The fourth-order valence-electron chi connectivity index (χ4n) is 4.22. The first-order valence-electron chi connectivity index (χ1n) is 11.8. The van der Waals surface area contributed by atoms with Crippen molar-refractivity contribution in [3.05, 3.63) is 89.5 Å². The largest absolute Gasteiger partial charge is 0.545 e. The molecule has 2 heterocycles. The van der Waals surface area contributed by atoms with Gasteiger partial charge in [0.2, 0.25) is 0 Å². The maximum absolute atomic E-state index is 13.5. The molecule has 0 unspecified atom stereocenters. The van der Waals surface area contributed by atoms with Gasteiger partial charge in [0.15, 0.2) is 5.11 Å². The van der Waals surface area contributed by atoms with Gasteiger partial charge in [-0.2, -0.15) is 0 Å². The number of carbonyl (C=O) groups is 3. The molecule has 2 saturated heterocycles. The Hall–Kier alpha value is -4.54. The Morgan fingerprint density at radius 1 is 0.974 bits per heavy atom. The van der Waals surface area contributed by atoms with Crippen molar-refractivity contribution in [3.8, 4) is 11.5 Å². The molecular formula is C28H22N3O6S-. The van der Waals surface area contributed by atoms with E-state index in [4.69, 9.17) is 21.7 Å². The lowest BCUT2D eigenvalue weighted by Crippen LogP contribution is -2.54. The Kier molecular flexibility index (Phi) is 7.16. The number of nitrogens with one attached hydrogen (secondary N) is 1. The summed E-state index contributed by atoms with van der Waals surface area (Å²) in [6, 6.07) is 20.4. The van der Waals surface area contributed by atoms with Crippen LogP contribution in [0.5, 0.6) is 11.5 Å². The number of amides is 2. The summed E-state index contributed by atoms with van der Waals surface area (Å²) in [4.78, 5) is 41.2. The maximum atomic E-state index is 13.5. The Labute approximate surface area is 223 Å². The third kappa shape index (κ3) is 5.26. The predicted octanol–water partition coefficient (Wildman–Crippen LogP) is 2.51. The van der Waals surface area contributed by atoms with E-state index in [1.807, 2.05) is 35.2 Å². The second-order valence-electron chi connectivity index (χ2n) is 8.53. The molecule has 0 bridgehead atoms. The van der Waals surface area contributed by atoms with E-state index in [1.54, 1.807) is 30.3 Å². The zero-order valence-corrected chi connectivity index (χ0v) is 20.9. The van der Waals surface area contributed by atoms with E-state index in [0.717, 1.165) is 0 Å². The Bertz CT molecular complexity index is 1430. The first kappa shape index (κ1) is 25.1. The van der Waals surface area contributed by atoms with Gasteiger partial charge in [0, 0.05) is 18.8 Å². The summed E-state index contributed by atoms with van der Waals surface area (Å²) in [6.45, 7) is 2.16. The quantitative estimate of drug-likeness (QED) is 0.295. The SMILES string of the molecule is O=C1NC(=S)N(c2ccc(Oc3ccccc3)cc2)C(=O)/C1=C/c1cc(C(=O)[O-])ccc1N1CCOCC1. The summed E-state index contributed by atoms with van der Waals surface area (Å²) < 4.78 is 11.2. The molecule has 2 fully saturated rings. The number of nitrogens with zero attached hydrogens (tertiary/aromatic N) is 2. The van der Waals surface area contributed by atoms with Gasteiger partial charge in [-0.25, -0.2) is 0 Å². The lowest BCUT2D eigenvalue weighted by molar-refractivity contribution is -0.255. The first-order valence-corrected chi connectivity index (χ1v) is 12.2. The van der Waals surface area contributed by atoms with Gasteiger partial charge in [0.1, 0.15) is 17.1 Å². The molecule has 0 radical (unpaired) electrons. The molecule has 5 rings (SSSR count). The van der Waals surface area contributed by atoms with Crippen LogP contribution in [0.25, 0.3) is 6.08 Å². The summed E-state index contributed by atoms with van der Waals surface area (Å²) >= 11 is 5.31. The van der Waals surface area contributed by atoms with Crippen LogP contribution in [0, 0.1) is 0 Å². The van der Waals surface area contributed by atoms with E-state index in [2.05, 4.69) is 5.32 Å². The highest BCUT2D eigenvalue weighted by Gasteiger charge is 2.35. The van der Waals surface area contributed by atoms with Gasteiger partial charge in [-0.05, 0) is 78.0 Å². The van der Waals surface area contributed by atoms with Gasteiger partial charge < -0.3 is 24.3 Å². The number of para-hydroxylation sites is 1. The number of morpholine rings is 1. The molecule has 3 aromatic rings. The number of carboxylic acids is 1. The fourth-order valence-corrected chi connectivity index (χ4v) is 4.51. The molecule has 0 atom stereocenters. The molecule has 0 spiro atoms. The van der Waals surface area contributed by atoms with Gasteiger partial charge in [0.25, 0.3) is 11.8 Å². The molecule has 1 N–H and O–H groups in total. The fraction of sp³-hybridized carbons (Fsp3) is 0.143. The average molecular weight is 529 g/mol. The lowest BCUT2D eigenvalue weighted by Gasteiger charge is -2.31. The summed E-state index contributed by atoms with van der Waals surface area (Å²) in [5.41, 5.74) is 1.25. The summed E-state index contributed by atoms with van der Waals surface area (Å²) in [6.07, 6.45) is 1.39. The number of carboxylic acid groups (broad SMARTS) is 1. The summed E-state index contributed by atoms with van der Waals surface area (Å²) in [7, 11) is 0. The number of carbonyl (C=O) groups excluding carboxylic acids is 3. The standard InChI is InChI=1S/C28H23N3O6S/c32-25-23(17-19-16-18(27(34)35)6-11-24(19)30-12-14-36-15-13-30)26(33)31(28(38)29-25)20-7-9-22(10-8-20)37-21-4-2-1-3-5-21/h1-11,16-17H,12-15H2,(H,34,35)(H,29,32,38)/p-1/b23-17+. The molecule has 10 heteroatoms. The van der Waals surface area contributed by atoms with Crippen LogP contribution in [0.15, 0.2) is 78.4 Å². The van der Waals surface area contributed by atoms with Crippen molar-refractivity contribution in [3.63, 3.8) is 0 Å². The van der Waals surface area contributed by atoms with Gasteiger partial charge >= 0.3 is 0 Å². The van der Waals surface area contributed by atoms with E-state index >= 15 is 0 Å². The second-order valence-corrected chi connectivity index (χ2v) is 8.91. The molecule has 0 saturated carbocycles. The molecule has 192 valence electrons. The van der Waals surface area contributed by atoms with Crippen molar-refractivity contribution in [1.29, 1.82) is 0 Å². The normalized spacial score (nSPS) is 16.9. The Balaban J connectivity index is 1.47. The zero-order chi connectivity index (χ0) is 26.6. The van der Waals surface area contributed by atoms with Crippen molar-refractivity contribution < 1.29 is 29.0 Å². The predicted molar refractivity (Wildman–Crippen MR) is 143 cm³/mol. The van der Waals surface area contributed by atoms with E-state index in [0.29, 0.717) is 54.7 Å². The summed E-state index contributed by atoms with van der Waals surface area (Å²) in [5.74, 6) is -1.45. The number of ether oxygens (including phenoxy) is 2. The highest BCUT2D eigenvalue weighted by atomic mass is 32.1. The average Bonchev–Trinajstić information content (AvgIpc) is 2.93.